The summed E-state index contributed by atoms with van der Waals surface area (Å²) in [4.78, 5) is 0. The number of fused-ring (bicyclic) bond motifs is 2. The largest absolute Gasteiger partial charge is 0.392 e. The van der Waals surface area contributed by atoms with E-state index in [2.05, 4.69) is 20.8 Å². The van der Waals surface area contributed by atoms with Crippen molar-refractivity contribution in [2.24, 2.45) is 23.2 Å². The summed E-state index contributed by atoms with van der Waals surface area (Å²) < 4.78 is 0. The van der Waals surface area contributed by atoms with Gasteiger partial charge in [-0.05, 0) is 36.0 Å². The van der Waals surface area contributed by atoms with Gasteiger partial charge in [-0.2, -0.15) is 0 Å². The maximum absolute atomic E-state index is 9.73. The summed E-state index contributed by atoms with van der Waals surface area (Å²) in [6.45, 7) is 6.90. The zero-order chi connectivity index (χ0) is 8.22. The predicted octanol–water partition coefficient (Wildman–Crippen LogP) is 2.05. The molecule has 0 saturated heterocycles. The molecule has 2 bridgehead atoms. The number of hydrogen-bond donors (Lipinski definition) is 1. The monoisotopic (exact) mass is 154 g/mol. The SMILES string of the molecule is C[C@H]1CC[C@@H]2[C@H](O)[C@H]1C2(C)C. The number of hydrogen-bond acceptors (Lipinski definition) is 1. The molecule has 0 heterocycles. The summed E-state index contributed by atoms with van der Waals surface area (Å²) in [6, 6.07) is 0. The molecule has 4 atom stereocenters. The molecule has 64 valence electrons. The summed E-state index contributed by atoms with van der Waals surface area (Å²) in [7, 11) is 0. The number of aliphatic hydroxyl groups excluding tert-OH is 1. The van der Waals surface area contributed by atoms with Crippen LogP contribution in [0.15, 0.2) is 0 Å². The second-order valence-electron chi connectivity index (χ2n) is 5.00. The van der Waals surface area contributed by atoms with Crippen LogP contribution in [-0.2, 0) is 0 Å². The molecule has 1 N–H and O–H groups in total. The summed E-state index contributed by atoms with van der Waals surface area (Å²) in [5.74, 6) is 1.93. The Kier molecular flexibility index (Phi) is 1.39. The lowest BCUT2D eigenvalue weighted by atomic mass is 9.44. The third kappa shape index (κ3) is 0.752. The van der Waals surface area contributed by atoms with Crippen molar-refractivity contribution in [2.45, 2.75) is 39.7 Å². The Hall–Kier alpha value is -0.0400. The van der Waals surface area contributed by atoms with Crippen molar-refractivity contribution in [3.63, 3.8) is 0 Å². The van der Waals surface area contributed by atoms with Crippen LogP contribution in [0.4, 0.5) is 0 Å². The van der Waals surface area contributed by atoms with Crippen LogP contribution in [0.5, 0.6) is 0 Å². The van der Waals surface area contributed by atoms with Crippen molar-refractivity contribution >= 4 is 0 Å². The average molecular weight is 154 g/mol. The Morgan fingerprint density at radius 1 is 1.27 bits per heavy atom. The lowest BCUT2D eigenvalue weighted by Gasteiger charge is -2.62. The molecule has 0 spiro atoms. The van der Waals surface area contributed by atoms with Crippen LogP contribution in [-0.4, -0.2) is 11.2 Å². The molecule has 3 rings (SSSR count). The molecule has 0 aromatic carbocycles. The summed E-state index contributed by atoms with van der Waals surface area (Å²) in [5, 5.41) is 9.73. The fraction of sp³-hybridized carbons (Fsp3) is 1.00. The molecule has 1 heteroatoms. The van der Waals surface area contributed by atoms with Crippen LogP contribution < -0.4 is 0 Å². The van der Waals surface area contributed by atoms with Crippen LogP contribution in [0.2, 0.25) is 0 Å². The van der Waals surface area contributed by atoms with Gasteiger partial charge in [-0.25, -0.2) is 0 Å². The third-order valence-corrected chi connectivity index (χ3v) is 4.14. The van der Waals surface area contributed by atoms with Gasteiger partial charge in [-0.3, -0.25) is 0 Å². The number of rotatable bonds is 0. The molecular weight excluding hydrogens is 136 g/mol. The van der Waals surface area contributed by atoms with Crippen molar-refractivity contribution < 1.29 is 5.11 Å². The van der Waals surface area contributed by atoms with E-state index in [1.54, 1.807) is 0 Å². The van der Waals surface area contributed by atoms with Crippen LogP contribution in [0.25, 0.3) is 0 Å². The highest BCUT2D eigenvalue weighted by atomic mass is 16.3. The summed E-state index contributed by atoms with van der Waals surface area (Å²) in [5.41, 5.74) is 0.428. The first-order valence-electron chi connectivity index (χ1n) is 4.73. The van der Waals surface area contributed by atoms with Gasteiger partial charge in [0.2, 0.25) is 0 Å². The molecule has 3 aliphatic rings. The van der Waals surface area contributed by atoms with Gasteiger partial charge in [0.25, 0.3) is 0 Å². The molecule has 0 aliphatic heterocycles. The molecule has 0 aromatic heterocycles. The molecular formula is C10H18O. The topological polar surface area (TPSA) is 20.2 Å². The Morgan fingerprint density at radius 2 is 1.91 bits per heavy atom. The Labute approximate surface area is 68.8 Å². The van der Waals surface area contributed by atoms with E-state index < -0.39 is 0 Å². The van der Waals surface area contributed by atoms with Crippen molar-refractivity contribution in [3.8, 4) is 0 Å². The lowest BCUT2D eigenvalue weighted by Crippen LogP contribution is -2.62. The highest BCUT2D eigenvalue weighted by Gasteiger charge is 2.59. The van der Waals surface area contributed by atoms with Crippen molar-refractivity contribution in [2.75, 3.05) is 0 Å². The van der Waals surface area contributed by atoms with Gasteiger partial charge < -0.3 is 5.11 Å². The molecule has 3 saturated carbocycles. The Morgan fingerprint density at radius 3 is 2.18 bits per heavy atom. The second-order valence-corrected chi connectivity index (χ2v) is 5.00. The van der Waals surface area contributed by atoms with Crippen LogP contribution in [0.3, 0.4) is 0 Å². The zero-order valence-electron chi connectivity index (χ0n) is 7.67. The first-order valence-corrected chi connectivity index (χ1v) is 4.73. The Balaban J connectivity index is 2.21. The maximum atomic E-state index is 9.73. The molecule has 3 fully saturated rings. The molecule has 0 aromatic rings. The average Bonchev–Trinajstić information content (AvgIpc) is 1.85. The summed E-state index contributed by atoms with van der Waals surface area (Å²) in [6.07, 6.45) is 2.59. The summed E-state index contributed by atoms with van der Waals surface area (Å²) >= 11 is 0. The van der Waals surface area contributed by atoms with E-state index in [0.29, 0.717) is 17.3 Å². The molecule has 3 aliphatic carbocycles. The minimum atomic E-state index is 0.0220. The van der Waals surface area contributed by atoms with E-state index in [1.807, 2.05) is 0 Å². The van der Waals surface area contributed by atoms with Crippen LogP contribution >= 0.6 is 0 Å². The smallest absolute Gasteiger partial charge is 0.0609 e. The normalized spacial score (nSPS) is 53.5. The zero-order valence-corrected chi connectivity index (χ0v) is 7.67. The van der Waals surface area contributed by atoms with E-state index in [1.165, 1.54) is 12.8 Å². The minimum absolute atomic E-state index is 0.0220. The predicted molar refractivity (Wildman–Crippen MR) is 45.2 cm³/mol. The molecule has 1 nitrogen and oxygen atoms in total. The van der Waals surface area contributed by atoms with E-state index in [0.717, 1.165) is 5.92 Å². The van der Waals surface area contributed by atoms with Gasteiger partial charge >= 0.3 is 0 Å². The molecule has 0 unspecified atom stereocenters. The number of aliphatic hydroxyl groups is 1. The van der Waals surface area contributed by atoms with Crippen molar-refractivity contribution in [1.82, 2.24) is 0 Å². The fourth-order valence-electron chi connectivity index (χ4n) is 3.49. The van der Waals surface area contributed by atoms with E-state index >= 15 is 0 Å². The third-order valence-electron chi connectivity index (χ3n) is 4.14. The van der Waals surface area contributed by atoms with Gasteiger partial charge in [0.05, 0.1) is 6.10 Å². The van der Waals surface area contributed by atoms with Crippen molar-refractivity contribution in [3.05, 3.63) is 0 Å². The standard InChI is InChI=1S/C10H18O/c1-6-4-5-7-9(11)8(6)10(7,2)3/h6-9,11H,4-5H2,1-3H3/t6-,7+,8-,9-/m0/s1. The van der Waals surface area contributed by atoms with Crippen LogP contribution in [0, 0.1) is 23.2 Å². The van der Waals surface area contributed by atoms with Gasteiger partial charge in [-0.1, -0.05) is 20.8 Å². The second kappa shape index (κ2) is 2.01. The Bertz CT molecular complexity index is 170. The minimum Gasteiger partial charge on any atom is -0.392 e. The van der Waals surface area contributed by atoms with Gasteiger partial charge in [-0.15, -0.1) is 0 Å². The van der Waals surface area contributed by atoms with Gasteiger partial charge in [0.15, 0.2) is 0 Å². The highest BCUT2D eigenvalue weighted by Crippen LogP contribution is 2.61. The van der Waals surface area contributed by atoms with E-state index in [4.69, 9.17) is 0 Å². The van der Waals surface area contributed by atoms with Crippen molar-refractivity contribution in [1.29, 1.82) is 0 Å². The highest BCUT2D eigenvalue weighted by molar-refractivity contribution is 5.08. The molecule has 11 heavy (non-hydrogen) atoms. The molecule has 0 amide bonds. The lowest BCUT2D eigenvalue weighted by molar-refractivity contribution is -0.207. The van der Waals surface area contributed by atoms with Gasteiger partial charge in [0, 0.05) is 0 Å². The first-order chi connectivity index (χ1) is 5.05. The van der Waals surface area contributed by atoms with E-state index in [9.17, 15) is 5.11 Å². The van der Waals surface area contributed by atoms with Crippen LogP contribution in [0.1, 0.15) is 33.6 Å². The fourth-order valence-corrected chi connectivity index (χ4v) is 3.49. The molecule has 0 radical (unpaired) electrons. The van der Waals surface area contributed by atoms with E-state index in [-0.39, 0.29) is 6.10 Å². The first kappa shape index (κ1) is 7.60. The van der Waals surface area contributed by atoms with Gasteiger partial charge in [0.1, 0.15) is 0 Å². The maximum Gasteiger partial charge on any atom is 0.0609 e. The quantitative estimate of drug-likeness (QED) is 0.566.